The van der Waals surface area contributed by atoms with Crippen LogP contribution in [0.2, 0.25) is 0 Å². The number of halogens is 2. The number of nitrogens with two attached hydrogens (primary N) is 1. The van der Waals surface area contributed by atoms with Crippen LogP contribution in [0.1, 0.15) is 0 Å². The lowest BCUT2D eigenvalue weighted by Gasteiger charge is -2.04. The van der Waals surface area contributed by atoms with Crippen LogP contribution >= 0.6 is 23.1 Å². The third-order valence-electron chi connectivity index (χ3n) is 1.56. The molecule has 16 heavy (non-hydrogen) atoms. The van der Waals surface area contributed by atoms with Crippen LogP contribution in [0.5, 0.6) is 0 Å². The van der Waals surface area contributed by atoms with Crippen molar-refractivity contribution in [1.82, 2.24) is 15.2 Å². The molecular weight excluding hydrogens is 256 g/mol. The molecule has 2 aromatic heterocycles. The summed E-state index contributed by atoms with van der Waals surface area (Å²) in [4.78, 5) is 3.68. The van der Waals surface area contributed by atoms with Gasteiger partial charge in [0.15, 0.2) is 21.8 Å². The standard InChI is InChI=1S/C7H5F2N5S2/c8-3-1-4(9)6(12-5(3)13-10)16-7-14-11-2-15-7/h1-2H,10H2,(H,12,13). The van der Waals surface area contributed by atoms with E-state index in [9.17, 15) is 8.78 Å². The van der Waals surface area contributed by atoms with Gasteiger partial charge in [-0.2, -0.15) is 0 Å². The average molecular weight is 261 g/mol. The third kappa shape index (κ3) is 2.26. The number of hydrogen-bond donors (Lipinski definition) is 2. The lowest BCUT2D eigenvalue weighted by atomic mass is 10.4. The first-order valence-corrected chi connectivity index (χ1v) is 5.67. The molecule has 0 aliphatic carbocycles. The molecule has 0 aliphatic heterocycles. The minimum absolute atomic E-state index is 0.00824. The van der Waals surface area contributed by atoms with Gasteiger partial charge in [-0.05, 0) is 11.8 Å². The van der Waals surface area contributed by atoms with Gasteiger partial charge in [-0.3, -0.25) is 0 Å². The van der Waals surface area contributed by atoms with Gasteiger partial charge in [-0.15, -0.1) is 10.2 Å². The molecule has 0 atom stereocenters. The SMILES string of the molecule is NNc1nc(Sc2nncs2)c(F)cc1F. The van der Waals surface area contributed by atoms with Gasteiger partial charge in [0.25, 0.3) is 0 Å². The van der Waals surface area contributed by atoms with Crippen LogP contribution in [-0.2, 0) is 0 Å². The summed E-state index contributed by atoms with van der Waals surface area (Å²) in [7, 11) is 0. The fourth-order valence-corrected chi connectivity index (χ4v) is 2.30. The molecule has 0 amide bonds. The Hall–Kier alpha value is -1.32. The van der Waals surface area contributed by atoms with Crippen LogP contribution in [0.25, 0.3) is 0 Å². The number of nitrogens with one attached hydrogen (secondary N) is 1. The maximum atomic E-state index is 13.3. The van der Waals surface area contributed by atoms with Gasteiger partial charge < -0.3 is 5.43 Å². The van der Waals surface area contributed by atoms with Crippen molar-refractivity contribution in [3.63, 3.8) is 0 Å². The molecule has 0 bridgehead atoms. The molecule has 9 heteroatoms. The molecule has 2 rings (SSSR count). The lowest BCUT2D eigenvalue weighted by molar-refractivity contribution is 0.551. The summed E-state index contributed by atoms with van der Waals surface area (Å²) in [5.74, 6) is 3.21. The second kappa shape index (κ2) is 4.68. The third-order valence-corrected chi connectivity index (χ3v) is 3.32. The molecule has 0 radical (unpaired) electrons. The predicted molar refractivity (Wildman–Crippen MR) is 56.0 cm³/mol. The van der Waals surface area contributed by atoms with Gasteiger partial charge in [0.2, 0.25) is 0 Å². The minimum atomic E-state index is -0.846. The summed E-state index contributed by atoms with van der Waals surface area (Å²) >= 11 is 2.19. The highest BCUT2D eigenvalue weighted by molar-refractivity contribution is 8.00. The molecule has 0 unspecified atom stereocenters. The largest absolute Gasteiger partial charge is 0.306 e. The van der Waals surface area contributed by atoms with E-state index in [1.165, 1.54) is 16.8 Å². The van der Waals surface area contributed by atoms with Crippen LogP contribution in [0.15, 0.2) is 20.9 Å². The molecule has 5 nitrogen and oxygen atoms in total. The molecule has 0 aromatic carbocycles. The second-order valence-electron chi connectivity index (χ2n) is 2.56. The van der Waals surface area contributed by atoms with Crippen LogP contribution in [-0.4, -0.2) is 15.2 Å². The number of anilines is 1. The Morgan fingerprint density at radius 2 is 2.19 bits per heavy atom. The highest BCUT2D eigenvalue weighted by atomic mass is 32.2. The van der Waals surface area contributed by atoms with Gasteiger partial charge in [0, 0.05) is 6.07 Å². The molecule has 0 fully saturated rings. The van der Waals surface area contributed by atoms with E-state index in [0.29, 0.717) is 10.4 Å². The lowest BCUT2D eigenvalue weighted by Crippen LogP contribution is -2.11. The van der Waals surface area contributed by atoms with Crippen molar-refractivity contribution in [2.24, 2.45) is 5.84 Å². The maximum Gasteiger partial charge on any atom is 0.180 e. The maximum absolute atomic E-state index is 13.3. The molecule has 0 saturated heterocycles. The van der Waals surface area contributed by atoms with Crippen molar-refractivity contribution < 1.29 is 8.78 Å². The van der Waals surface area contributed by atoms with Crippen molar-refractivity contribution in [3.8, 4) is 0 Å². The monoisotopic (exact) mass is 261 g/mol. The Kier molecular flexibility index (Phi) is 3.27. The van der Waals surface area contributed by atoms with Crippen LogP contribution in [0, 0.1) is 11.6 Å². The molecule has 2 heterocycles. The van der Waals surface area contributed by atoms with E-state index >= 15 is 0 Å². The van der Waals surface area contributed by atoms with Crippen LogP contribution in [0.3, 0.4) is 0 Å². The van der Waals surface area contributed by atoms with Crippen molar-refractivity contribution in [2.45, 2.75) is 9.37 Å². The molecule has 0 spiro atoms. The van der Waals surface area contributed by atoms with E-state index in [2.05, 4.69) is 15.2 Å². The quantitative estimate of drug-likeness (QED) is 0.646. The number of hydrazine groups is 1. The van der Waals surface area contributed by atoms with Gasteiger partial charge >= 0.3 is 0 Å². The molecule has 0 aliphatic rings. The van der Waals surface area contributed by atoms with Gasteiger partial charge in [-0.25, -0.2) is 19.6 Å². The zero-order chi connectivity index (χ0) is 11.5. The molecule has 84 valence electrons. The molecule has 2 aromatic rings. The van der Waals surface area contributed by atoms with E-state index in [4.69, 9.17) is 5.84 Å². The fourth-order valence-electron chi connectivity index (χ4n) is 0.913. The number of pyridine rings is 1. The zero-order valence-electron chi connectivity index (χ0n) is 7.65. The first-order valence-electron chi connectivity index (χ1n) is 3.97. The summed E-state index contributed by atoms with van der Waals surface area (Å²) < 4.78 is 26.9. The normalized spacial score (nSPS) is 10.4. The van der Waals surface area contributed by atoms with E-state index in [1.54, 1.807) is 0 Å². The topological polar surface area (TPSA) is 76.7 Å². The van der Waals surface area contributed by atoms with E-state index in [1.807, 2.05) is 5.43 Å². The summed E-state index contributed by atoms with van der Waals surface area (Å²) in [6.07, 6.45) is 0. The fraction of sp³-hybridized carbons (Fsp3) is 0. The number of aromatic nitrogens is 3. The Morgan fingerprint density at radius 1 is 1.38 bits per heavy atom. The molecule has 3 N–H and O–H groups in total. The Morgan fingerprint density at radius 3 is 2.81 bits per heavy atom. The van der Waals surface area contributed by atoms with Gasteiger partial charge in [0.1, 0.15) is 10.5 Å². The van der Waals surface area contributed by atoms with Crippen molar-refractivity contribution >= 4 is 28.9 Å². The van der Waals surface area contributed by atoms with E-state index in [0.717, 1.165) is 11.8 Å². The number of rotatable bonds is 3. The van der Waals surface area contributed by atoms with Crippen LogP contribution in [0.4, 0.5) is 14.6 Å². The van der Waals surface area contributed by atoms with Crippen LogP contribution < -0.4 is 11.3 Å². The average Bonchev–Trinajstić information content (AvgIpc) is 2.75. The van der Waals surface area contributed by atoms with Crippen molar-refractivity contribution in [2.75, 3.05) is 5.43 Å². The zero-order valence-corrected chi connectivity index (χ0v) is 9.28. The highest BCUT2D eigenvalue weighted by Crippen LogP contribution is 2.30. The van der Waals surface area contributed by atoms with E-state index in [-0.39, 0.29) is 10.8 Å². The number of nitrogens with zero attached hydrogens (tertiary/aromatic N) is 3. The summed E-state index contributed by atoms with van der Waals surface area (Å²) in [5.41, 5.74) is 3.55. The minimum Gasteiger partial charge on any atom is -0.306 e. The van der Waals surface area contributed by atoms with Gasteiger partial charge in [-0.1, -0.05) is 11.3 Å². The number of hydrogen-bond acceptors (Lipinski definition) is 7. The predicted octanol–water partition coefficient (Wildman–Crippen LogP) is 1.65. The first-order chi connectivity index (χ1) is 7.70. The Balaban J connectivity index is 2.33. The summed E-state index contributed by atoms with van der Waals surface area (Å²) in [5, 5.41) is 7.29. The van der Waals surface area contributed by atoms with Crippen molar-refractivity contribution in [3.05, 3.63) is 23.2 Å². The highest BCUT2D eigenvalue weighted by Gasteiger charge is 2.13. The van der Waals surface area contributed by atoms with E-state index < -0.39 is 11.6 Å². The second-order valence-corrected chi connectivity index (χ2v) is 4.63. The van der Waals surface area contributed by atoms with Crippen molar-refractivity contribution in [1.29, 1.82) is 0 Å². The smallest absolute Gasteiger partial charge is 0.180 e. The summed E-state index contributed by atoms with van der Waals surface area (Å²) in [6.45, 7) is 0. The Labute approximate surface area is 97.1 Å². The number of nitrogen functional groups attached to an aromatic ring is 1. The summed E-state index contributed by atoms with van der Waals surface area (Å²) in [6, 6.07) is 0.714. The molecular formula is C7H5F2N5S2. The first kappa shape index (κ1) is 11.2. The Bertz CT molecular complexity index is 490. The molecule has 0 saturated carbocycles. The van der Waals surface area contributed by atoms with Gasteiger partial charge in [0.05, 0.1) is 0 Å².